The fourth-order valence-electron chi connectivity index (χ4n) is 9.79. The normalized spacial score (nSPS) is 25.4. The molecule has 3 atom stereocenters. The van der Waals surface area contributed by atoms with Crippen molar-refractivity contribution in [2.45, 2.75) is 66.9 Å². The molecule has 4 heterocycles. The summed E-state index contributed by atoms with van der Waals surface area (Å²) in [5.41, 5.74) is 2.10. The predicted molar refractivity (Wildman–Crippen MR) is 206 cm³/mol. The average Bonchev–Trinajstić information content (AvgIpc) is 3.60. The van der Waals surface area contributed by atoms with Gasteiger partial charge in [-0.1, -0.05) is 18.7 Å². The quantitative estimate of drug-likeness (QED) is 0.262. The molecule has 4 aliphatic heterocycles. The van der Waals surface area contributed by atoms with Gasteiger partial charge >= 0.3 is 6.09 Å². The summed E-state index contributed by atoms with van der Waals surface area (Å²) in [5.74, 6) is -0.272. The number of anilines is 1. The lowest BCUT2D eigenvalue weighted by Gasteiger charge is -2.55. The highest BCUT2D eigenvalue weighted by atomic mass is 32.2. The van der Waals surface area contributed by atoms with Crippen LogP contribution in [0.5, 0.6) is 0 Å². The van der Waals surface area contributed by atoms with E-state index in [1.54, 1.807) is 30.2 Å². The minimum absolute atomic E-state index is 0.0248. The molecular formula is C41H54FN5O6S. The first-order valence-electron chi connectivity index (χ1n) is 19.4. The van der Waals surface area contributed by atoms with Gasteiger partial charge in [0, 0.05) is 55.5 Å². The molecular weight excluding hydrogens is 710 g/mol. The number of rotatable bonds is 13. The third kappa shape index (κ3) is 7.61. The van der Waals surface area contributed by atoms with Crippen LogP contribution in [0, 0.1) is 17.7 Å². The zero-order valence-electron chi connectivity index (χ0n) is 31.6. The number of methoxy groups -OCH3 is 2. The fourth-order valence-corrected chi connectivity index (χ4v) is 11.4. The Labute approximate surface area is 319 Å². The molecule has 54 heavy (non-hydrogen) atoms. The summed E-state index contributed by atoms with van der Waals surface area (Å²) in [7, 11) is -0.421. The summed E-state index contributed by atoms with van der Waals surface area (Å²) in [5, 5.41) is 0. The zero-order valence-corrected chi connectivity index (χ0v) is 32.4. The molecule has 292 valence electrons. The van der Waals surface area contributed by atoms with E-state index in [-0.39, 0.29) is 51.3 Å². The number of aliphatic imine (C=N–C) groups is 1. The van der Waals surface area contributed by atoms with Crippen molar-refractivity contribution in [3.63, 3.8) is 0 Å². The molecule has 0 bridgehead atoms. The van der Waals surface area contributed by atoms with Crippen molar-refractivity contribution in [2.75, 3.05) is 83.8 Å². The van der Waals surface area contributed by atoms with Gasteiger partial charge in [0.25, 0.3) is 0 Å². The summed E-state index contributed by atoms with van der Waals surface area (Å²) in [6.07, 6.45) is 6.96. The van der Waals surface area contributed by atoms with Gasteiger partial charge in [-0.3, -0.25) is 4.79 Å². The minimum atomic E-state index is -3.56. The van der Waals surface area contributed by atoms with Crippen molar-refractivity contribution in [3.05, 3.63) is 72.6 Å². The lowest BCUT2D eigenvalue weighted by atomic mass is 9.58. The average molecular weight is 764 g/mol. The van der Waals surface area contributed by atoms with Crippen LogP contribution >= 0.6 is 0 Å². The van der Waals surface area contributed by atoms with Crippen molar-refractivity contribution >= 4 is 33.2 Å². The molecule has 7 rings (SSSR count). The summed E-state index contributed by atoms with van der Waals surface area (Å²) in [6, 6.07) is 13.9. The number of nitrogens with zero attached hydrogens (tertiary/aromatic N) is 5. The molecule has 13 heteroatoms. The van der Waals surface area contributed by atoms with Crippen LogP contribution in [-0.4, -0.2) is 131 Å². The summed E-state index contributed by atoms with van der Waals surface area (Å²) >= 11 is 0. The molecule has 2 aromatic rings. The second-order valence-corrected chi connectivity index (χ2v) is 18.0. The molecule has 1 saturated carbocycles. The lowest BCUT2D eigenvalue weighted by molar-refractivity contribution is -0.132. The van der Waals surface area contributed by atoms with Gasteiger partial charge < -0.3 is 29.1 Å². The Morgan fingerprint density at radius 3 is 2.31 bits per heavy atom. The SMILES string of the molecule is C=CC(=O)N1CC[C@@H]1CS(=O)(=O)c1ccc(N2CC(CN3CCC([C@@](CN4CCC4)(c4cccc(F)c4)[C@H]4CCC/C4=N\C(=O)OC)CC3)(OC)C2)cc1. The fraction of sp³-hybridized carbons (Fsp3) is 0.585. The van der Waals surface area contributed by atoms with Gasteiger partial charge in [-0.25, -0.2) is 17.6 Å². The zero-order chi connectivity index (χ0) is 38.1. The Morgan fingerprint density at radius 2 is 1.72 bits per heavy atom. The van der Waals surface area contributed by atoms with Crippen LogP contribution in [0.4, 0.5) is 14.9 Å². The predicted octanol–water partition coefficient (Wildman–Crippen LogP) is 4.95. The van der Waals surface area contributed by atoms with E-state index in [1.807, 2.05) is 18.2 Å². The molecule has 0 unspecified atom stereocenters. The van der Waals surface area contributed by atoms with E-state index in [0.29, 0.717) is 26.1 Å². The molecule has 5 fully saturated rings. The maximum atomic E-state index is 15.0. The van der Waals surface area contributed by atoms with E-state index in [2.05, 4.69) is 32.3 Å². The number of carbonyl (C=O) groups excluding carboxylic acids is 2. The Morgan fingerprint density at radius 1 is 0.981 bits per heavy atom. The molecule has 11 nitrogen and oxygen atoms in total. The van der Waals surface area contributed by atoms with Gasteiger partial charge in [-0.2, -0.15) is 4.99 Å². The van der Waals surface area contributed by atoms with Crippen LogP contribution in [0.1, 0.15) is 50.5 Å². The number of hydrogen-bond donors (Lipinski definition) is 0. The van der Waals surface area contributed by atoms with E-state index in [4.69, 9.17) is 9.47 Å². The number of ether oxygens (including phenoxy) is 2. The molecule has 0 spiro atoms. The van der Waals surface area contributed by atoms with E-state index < -0.39 is 15.9 Å². The first-order chi connectivity index (χ1) is 26.0. The number of benzene rings is 2. The van der Waals surface area contributed by atoms with Crippen LogP contribution in [0.3, 0.4) is 0 Å². The van der Waals surface area contributed by atoms with Crippen LogP contribution in [0.2, 0.25) is 0 Å². The van der Waals surface area contributed by atoms with Crippen molar-refractivity contribution < 1.29 is 31.9 Å². The standard InChI is InChI=1S/C41H54FN5O6S/c1-4-38(48)47-23-18-34(47)25-54(50,51)35-14-12-33(13-15-35)46-27-40(28-46,53-3)26-45-21-16-30(17-22-45)41(29-44-19-7-20-44,31-8-5-9-32(42)24-31)36-10-6-11-37(36)43-39(49)52-2/h4-5,8-9,12-15,24,30,34,36H,1,6-7,10-11,16-23,25-29H2,2-3H3/b43-37+/t34-,36+,41+/m1/s1. The first-order valence-corrected chi connectivity index (χ1v) is 21.1. The van der Waals surface area contributed by atoms with Gasteiger partial charge in [0.05, 0.1) is 30.8 Å². The second kappa shape index (κ2) is 15.8. The Bertz CT molecular complexity index is 1840. The van der Waals surface area contributed by atoms with Crippen molar-refractivity contribution in [3.8, 4) is 0 Å². The maximum absolute atomic E-state index is 15.0. The van der Waals surface area contributed by atoms with Gasteiger partial charge in [0.2, 0.25) is 5.91 Å². The summed E-state index contributed by atoms with van der Waals surface area (Å²) in [6.45, 7) is 10.9. The molecule has 0 N–H and O–H groups in total. The van der Waals surface area contributed by atoms with Crippen molar-refractivity contribution in [1.82, 2.24) is 14.7 Å². The smallest absolute Gasteiger partial charge is 0.433 e. The lowest BCUT2D eigenvalue weighted by Crippen LogP contribution is -2.68. The van der Waals surface area contributed by atoms with Crippen LogP contribution in [0.15, 0.2) is 71.1 Å². The van der Waals surface area contributed by atoms with Gasteiger partial charge in [-0.15, -0.1) is 0 Å². The van der Waals surface area contributed by atoms with E-state index in [0.717, 1.165) is 94.8 Å². The molecule has 0 radical (unpaired) electrons. The second-order valence-electron chi connectivity index (χ2n) is 15.9. The highest BCUT2D eigenvalue weighted by molar-refractivity contribution is 7.91. The Hall–Kier alpha value is -3.65. The molecule has 1 aliphatic carbocycles. The van der Waals surface area contributed by atoms with E-state index in [1.165, 1.54) is 19.3 Å². The molecule has 2 aromatic carbocycles. The van der Waals surface area contributed by atoms with Crippen LogP contribution < -0.4 is 4.90 Å². The topological polar surface area (TPSA) is 112 Å². The number of sulfone groups is 1. The number of halogens is 1. The Kier molecular flexibility index (Phi) is 11.3. The highest BCUT2D eigenvalue weighted by Crippen LogP contribution is 2.51. The van der Waals surface area contributed by atoms with E-state index >= 15 is 4.39 Å². The molecule has 4 saturated heterocycles. The van der Waals surface area contributed by atoms with Gasteiger partial charge in [0.1, 0.15) is 11.4 Å². The Balaban J connectivity index is 1.02. The molecule has 2 amide bonds. The van der Waals surface area contributed by atoms with Crippen molar-refractivity contribution in [2.24, 2.45) is 16.8 Å². The van der Waals surface area contributed by atoms with Gasteiger partial charge in [0.15, 0.2) is 9.84 Å². The third-order valence-electron chi connectivity index (χ3n) is 12.9. The highest BCUT2D eigenvalue weighted by Gasteiger charge is 2.53. The minimum Gasteiger partial charge on any atom is -0.451 e. The number of amides is 2. The van der Waals surface area contributed by atoms with Gasteiger partial charge in [-0.05, 0) is 125 Å². The largest absolute Gasteiger partial charge is 0.451 e. The number of likely N-dealkylation sites (tertiary alicyclic amines) is 3. The van der Waals surface area contributed by atoms with Crippen molar-refractivity contribution in [1.29, 1.82) is 0 Å². The molecule has 5 aliphatic rings. The number of carbonyl (C=O) groups is 2. The number of piperidine rings is 1. The summed E-state index contributed by atoms with van der Waals surface area (Å²) < 4.78 is 52.5. The van der Waals surface area contributed by atoms with Crippen LogP contribution in [-0.2, 0) is 29.5 Å². The molecule has 0 aromatic heterocycles. The monoisotopic (exact) mass is 763 g/mol. The maximum Gasteiger partial charge on any atom is 0.433 e. The number of hydrogen-bond acceptors (Lipinski definition) is 9. The summed E-state index contributed by atoms with van der Waals surface area (Å²) in [4.78, 5) is 38.0. The first kappa shape index (κ1) is 38.6. The van der Waals surface area contributed by atoms with E-state index in [9.17, 15) is 18.0 Å². The third-order valence-corrected chi connectivity index (χ3v) is 14.8. The van der Waals surface area contributed by atoms with Crippen LogP contribution in [0.25, 0.3) is 0 Å².